The molecule has 3 heteroatoms. The summed E-state index contributed by atoms with van der Waals surface area (Å²) in [5, 5.41) is 0.602. The highest BCUT2D eigenvalue weighted by Gasteiger charge is 2.11. The third-order valence-corrected chi connectivity index (χ3v) is 3.30. The number of rotatable bonds is 1. The molecule has 0 aliphatic carbocycles. The molecule has 0 aliphatic rings. The molecular weight excluding hydrogens is 174 g/mol. The van der Waals surface area contributed by atoms with Crippen molar-refractivity contribution in [1.82, 2.24) is 0 Å². The van der Waals surface area contributed by atoms with Crippen LogP contribution < -0.4 is 5.30 Å². The van der Waals surface area contributed by atoms with Crippen molar-refractivity contribution in [1.29, 1.82) is 0 Å². The molecule has 0 unspecified atom stereocenters. The maximum absolute atomic E-state index is 13.0. The van der Waals surface area contributed by atoms with Crippen molar-refractivity contribution < 1.29 is 8.96 Å². The highest BCUT2D eigenvalue weighted by molar-refractivity contribution is 7.70. The van der Waals surface area contributed by atoms with Gasteiger partial charge < -0.3 is 4.57 Å². The number of benzene rings is 1. The van der Waals surface area contributed by atoms with Gasteiger partial charge in [0.1, 0.15) is 13.0 Å². The van der Waals surface area contributed by atoms with Crippen LogP contribution in [0.25, 0.3) is 0 Å². The molecule has 0 fully saturated rings. The van der Waals surface area contributed by atoms with E-state index in [1.807, 2.05) is 0 Å². The lowest BCUT2D eigenvalue weighted by Gasteiger charge is -2.07. The summed E-state index contributed by atoms with van der Waals surface area (Å²) < 4.78 is 24.5. The maximum Gasteiger partial charge on any atom is 0.126 e. The fourth-order valence-corrected chi connectivity index (χ4v) is 1.77. The van der Waals surface area contributed by atoms with Crippen LogP contribution in [0.1, 0.15) is 5.56 Å². The Kier molecular flexibility index (Phi) is 2.39. The molecule has 1 nitrogen and oxygen atoms in total. The zero-order valence-corrected chi connectivity index (χ0v) is 8.36. The third-order valence-electron chi connectivity index (χ3n) is 1.78. The zero-order chi connectivity index (χ0) is 9.35. The van der Waals surface area contributed by atoms with Crippen molar-refractivity contribution >= 4 is 12.4 Å². The quantitative estimate of drug-likeness (QED) is 0.615. The second-order valence-electron chi connectivity index (χ2n) is 3.28. The molecule has 0 saturated heterocycles. The molecular formula is C9H12FOP. The first-order valence-electron chi connectivity index (χ1n) is 3.73. The number of hydrogen-bond donors (Lipinski definition) is 0. The number of hydrogen-bond acceptors (Lipinski definition) is 1. The molecule has 1 rings (SSSR count). The second-order valence-corrected chi connectivity index (χ2v) is 6.50. The first kappa shape index (κ1) is 9.47. The first-order valence-corrected chi connectivity index (χ1v) is 6.33. The van der Waals surface area contributed by atoms with E-state index < -0.39 is 7.14 Å². The Morgan fingerprint density at radius 3 is 2.33 bits per heavy atom. The molecule has 0 atom stereocenters. The van der Waals surface area contributed by atoms with Crippen LogP contribution >= 0.6 is 7.14 Å². The summed E-state index contributed by atoms with van der Waals surface area (Å²) in [5.74, 6) is -0.281. The molecule has 0 aromatic heterocycles. The Bertz CT molecular complexity index is 340. The number of aryl methyl sites for hydroxylation is 1. The molecule has 1 aromatic carbocycles. The van der Waals surface area contributed by atoms with Gasteiger partial charge in [-0.25, -0.2) is 4.39 Å². The Balaban J connectivity index is 3.23. The van der Waals surface area contributed by atoms with E-state index in [4.69, 9.17) is 0 Å². The van der Waals surface area contributed by atoms with E-state index in [2.05, 4.69) is 0 Å². The summed E-state index contributed by atoms with van der Waals surface area (Å²) >= 11 is 0. The SMILES string of the molecule is Cc1ccc(P(C)(C)=O)cc1F. The Morgan fingerprint density at radius 2 is 1.92 bits per heavy atom. The first-order chi connectivity index (χ1) is 5.41. The predicted molar refractivity (Wildman–Crippen MR) is 50.2 cm³/mol. The van der Waals surface area contributed by atoms with Crippen LogP contribution in [-0.2, 0) is 4.57 Å². The number of halogens is 1. The van der Waals surface area contributed by atoms with E-state index in [9.17, 15) is 8.96 Å². The van der Waals surface area contributed by atoms with Gasteiger partial charge in [0.25, 0.3) is 0 Å². The third kappa shape index (κ3) is 1.95. The standard InChI is InChI=1S/C9H12FOP/c1-7-4-5-8(6-9(7)10)12(2,3)11/h4-6H,1-3H3. The lowest BCUT2D eigenvalue weighted by molar-refractivity contribution is 0.587. The maximum atomic E-state index is 13.0. The van der Waals surface area contributed by atoms with Crippen LogP contribution in [-0.4, -0.2) is 13.3 Å². The van der Waals surface area contributed by atoms with Crippen LogP contribution in [0.5, 0.6) is 0 Å². The minimum Gasteiger partial charge on any atom is -0.319 e. The van der Waals surface area contributed by atoms with Gasteiger partial charge in [-0.2, -0.15) is 0 Å². The average Bonchev–Trinajstić information content (AvgIpc) is 1.92. The summed E-state index contributed by atoms with van der Waals surface area (Å²) in [6, 6.07) is 4.74. The summed E-state index contributed by atoms with van der Waals surface area (Å²) in [5.41, 5.74) is 0.590. The van der Waals surface area contributed by atoms with E-state index in [1.165, 1.54) is 6.07 Å². The highest BCUT2D eigenvalue weighted by Crippen LogP contribution is 2.34. The van der Waals surface area contributed by atoms with Gasteiger partial charge in [-0.15, -0.1) is 0 Å². The fourth-order valence-electron chi connectivity index (χ4n) is 0.917. The molecule has 0 aliphatic heterocycles. The van der Waals surface area contributed by atoms with E-state index in [0.717, 1.165) is 0 Å². The van der Waals surface area contributed by atoms with Crippen molar-refractivity contribution in [2.75, 3.05) is 13.3 Å². The van der Waals surface area contributed by atoms with Crippen molar-refractivity contribution in [3.05, 3.63) is 29.6 Å². The van der Waals surface area contributed by atoms with Gasteiger partial charge in [0.05, 0.1) is 0 Å². The average molecular weight is 186 g/mol. The van der Waals surface area contributed by atoms with Crippen LogP contribution in [0, 0.1) is 12.7 Å². The minimum atomic E-state index is -2.30. The van der Waals surface area contributed by atoms with Gasteiger partial charge >= 0.3 is 0 Å². The molecule has 1 aromatic rings. The van der Waals surface area contributed by atoms with E-state index in [1.54, 1.807) is 32.4 Å². The Morgan fingerprint density at radius 1 is 1.33 bits per heavy atom. The molecule has 0 radical (unpaired) electrons. The second kappa shape index (κ2) is 3.02. The van der Waals surface area contributed by atoms with Crippen molar-refractivity contribution in [3.8, 4) is 0 Å². The molecule has 0 heterocycles. The Labute approximate surface area is 72.0 Å². The van der Waals surface area contributed by atoms with Gasteiger partial charge in [-0.3, -0.25) is 0 Å². The molecule has 0 saturated carbocycles. The van der Waals surface area contributed by atoms with E-state index in [-0.39, 0.29) is 5.82 Å². The van der Waals surface area contributed by atoms with Gasteiger partial charge in [0, 0.05) is 5.30 Å². The Hall–Kier alpha value is -0.620. The summed E-state index contributed by atoms with van der Waals surface area (Å²) in [6.07, 6.45) is 0. The molecule has 0 N–H and O–H groups in total. The molecule has 66 valence electrons. The summed E-state index contributed by atoms with van der Waals surface area (Å²) in [6.45, 7) is 4.96. The predicted octanol–water partition coefficient (Wildman–Crippen LogP) is 2.38. The zero-order valence-electron chi connectivity index (χ0n) is 7.47. The van der Waals surface area contributed by atoms with Gasteiger partial charge in [-0.05, 0) is 31.9 Å². The van der Waals surface area contributed by atoms with Gasteiger partial charge in [-0.1, -0.05) is 12.1 Å². The molecule has 12 heavy (non-hydrogen) atoms. The van der Waals surface area contributed by atoms with Crippen molar-refractivity contribution in [2.24, 2.45) is 0 Å². The van der Waals surface area contributed by atoms with Crippen LogP contribution in [0.15, 0.2) is 18.2 Å². The highest BCUT2D eigenvalue weighted by atomic mass is 31.2. The normalized spacial score (nSPS) is 11.7. The van der Waals surface area contributed by atoms with Crippen molar-refractivity contribution in [3.63, 3.8) is 0 Å². The van der Waals surface area contributed by atoms with E-state index >= 15 is 0 Å². The van der Waals surface area contributed by atoms with Crippen LogP contribution in [0.3, 0.4) is 0 Å². The van der Waals surface area contributed by atoms with Crippen LogP contribution in [0.2, 0.25) is 0 Å². The smallest absolute Gasteiger partial charge is 0.126 e. The minimum absolute atomic E-state index is 0.281. The lowest BCUT2D eigenvalue weighted by Crippen LogP contribution is -2.04. The molecule has 0 spiro atoms. The van der Waals surface area contributed by atoms with Gasteiger partial charge in [0.2, 0.25) is 0 Å². The van der Waals surface area contributed by atoms with Crippen LogP contribution in [0.4, 0.5) is 4.39 Å². The van der Waals surface area contributed by atoms with Gasteiger partial charge in [0.15, 0.2) is 0 Å². The summed E-state index contributed by atoms with van der Waals surface area (Å²) in [7, 11) is -2.30. The largest absolute Gasteiger partial charge is 0.319 e. The molecule has 0 bridgehead atoms. The lowest BCUT2D eigenvalue weighted by atomic mass is 10.2. The van der Waals surface area contributed by atoms with Crippen molar-refractivity contribution in [2.45, 2.75) is 6.92 Å². The fraction of sp³-hybridized carbons (Fsp3) is 0.333. The van der Waals surface area contributed by atoms with E-state index in [0.29, 0.717) is 10.9 Å². The summed E-state index contributed by atoms with van der Waals surface area (Å²) in [4.78, 5) is 0. The molecule has 0 amide bonds. The topological polar surface area (TPSA) is 17.1 Å². The monoisotopic (exact) mass is 186 g/mol.